The molecule has 0 radical (unpaired) electrons. The van der Waals surface area contributed by atoms with E-state index in [2.05, 4.69) is 150 Å². The third kappa shape index (κ3) is 3.70. The van der Waals surface area contributed by atoms with E-state index >= 15 is 0 Å². The van der Waals surface area contributed by atoms with Gasteiger partial charge in [-0.25, -0.2) is 4.98 Å². The van der Waals surface area contributed by atoms with Crippen LogP contribution in [0.3, 0.4) is 0 Å². The minimum Gasteiger partial charge on any atom is -0.292 e. The van der Waals surface area contributed by atoms with E-state index in [0.29, 0.717) is 0 Å². The number of fused-ring (bicyclic) bond motifs is 7. The van der Waals surface area contributed by atoms with E-state index in [9.17, 15) is 0 Å². The maximum absolute atomic E-state index is 5.11. The maximum Gasteiger partial charge on any atom is 0.146 e. The van der Waals surface area contributed by atoms with Gasteiger partial charge in [0.1, 0.15) is 5.65 Å². The highest BCUT2D eigenvalue weighted by Gasteiger charge is 2.19. The minimum atomic E-state index is 0.989. The van der Waals surface area contributed by atoms with Crippen LogP contribution in [0.1, 0.15) is 18.4 Å². The summed E-state index contributed by atoms with van der Waals surface area (Å²) in [7, 11) is 0. The molecule has 1 aliphatic carbocycles. The highest BCUT2D eigenvalue weighted by atomic mass is 15.0. The molecule has 2 aromatic heterocycles. The normalized spacial score (nSPS) is 13.4. The van der Waals surface area contributed by atoms with E-state index < -0.39 is 0 Å². The van der Waals surface area contributed by atoms with Crippen LogP contribution in [0.2, 0.25) is 0 Å². The van der Waals surface area contributed by atoms with Gasteiger partial charge in [0.2, 0.25) is 0 Å². The van der Waals surface area contributed by atoms with Crippen molar-refractivity contribution >= 4 is 54.7 Å². The molecule has 0 aliphatic heterocycles. The number of aromatic nitrogens is 2. The van der Waals surface area contributed by atoms with E-state index in [4.69, 9.17) is 4.98 Å². The molecule has 202 valence electrons. The quantitative estimate of drug-likeness (QED) is 0.201. The first-order valence-electron chi connectivity index (χ1n) is 15.0. The highest BCUT2D eigenvalue weighted by Crippen LogP contribution is 2.43. The fraction of sp³-hybridized carbons (Fsp3) is 0.0488. The summed E-state index contributed by atoms with van der Waals surface area (Å²) in [6.07, 6.45) is 8.93. The fourth-order valence-electron chi connectivity index (χ4n) is 7.11. The Morgan fingerprint density at radius 1 is 0.558 bits per heavy atom. The average molecular weight is 549 g/mol. The molecular weight excluding hydrogens is 520 g/mol. The third-order valence-corrected chi connectivity index (χ3v) is 9.03. The first-order valence-corrected chi connectivity index (χ1v) is 15.0. The van der Waals surface area contributed by atoms with E-state index in [1.165, 1.54) is 60.3 Å². The molecule has 8 aromatic rings. The number of hydrogen-bond acceptors (Lipinski definition) is 1. The highest BCUT2D eigenvalue weighted by molar-refractivity contribution is 6.19. The smallest absolute Gasteiger partial charge is 0.146 e. The van der Waals surface area contributed by atoms with Crippen molar-refractivity contribution in [2.24, 2.45) is 0 Å². The lowest BCUT2D eigenvalue weighted by atomic mass is 9.84. The lowest BCUT2D eigenvalue weighted by molar-refractivity contribution is 1.06. The molecule has 6 aromatic carbocycles. The molecule has 0 fully saturated rings. The number of para-hydroxylation sites is 3. The van der Waals surface area contributed by atoms with Crippen molar-refractivity contribution in [3.8, 4) is 22.3 Å². The lowest BCUT2D eigenvalue weighted by Gasteiger charge is -2.20. The molecule has 0 bridgehead atoms. The zero-order valence-corrected chi connectivity index (χ0v) is 23.7. The van der Waals surface area contributed by atoms with E-state index in [1.807, 2.05) is 0 Å². The molecule has 2 nitrogen and oxygen atoms in total. The molecule has 2 heterocycles. The first kappa shape index (κ1) is 24.2. The minimum absolute atomic E-state index is 0.989. The Labute approximate surface area is 249 Å². The molecule has 0 unspecified atom stereocenters. The molecular formula is C41H28N2. The summed E-state index contributed by atoms with van der Waals surface area (Å²) in [5, 5.41) is 6.44. The number of allylic oxidation sites excluding steroid dienone is 4. The molecule has 0 amide bonds. The predicted molar refractivity (Wildman–Crippen MR) is 182 cm³/mol. The van der Waals surface area contributed by atoms with Crippen LogP contribution in [0.4, 0.5) is 0 Å². The van der Waals surface area contributed by atoms with Gasteiger partial charge in [0.05, 0.1) is 16.6 Å². The molecule has 1 aliphatic rings. The van der Waals surface area contributed by atoms with Crippen molar-refractivity contribution in [2.75, 3.05) is 0 Å². The van der Waals surface area contributed by atoms with Crippen LogP contribution in [0.5, 0.6) is 0 Å². The Bertz CT molecular complexity index is 2380. The molecule has 0 spiro atoms. The van der Waals surface area contributed by atoms with Crippen molar-refractivity contribution in [2.45, 2.75) is 12.8 Å². The topological polar surface area (TPSA) is 17.3 Å². The summed E-state index contributed by atoms with van der Waals surface area (Å²) < 4.78 is 2.31. The van der Waals surface area contributed by atoms with Crippen LogP contribution in [0, 0.1) is 0 Å². The van der Waals surface area contributed by atoms with Crippen LogP contribution in [-0.4, -0.2) is 9.38 Å². The van der Waals surface area contributed by atoms with Crippen LogP contribution in [0.25, 0.3) is 77.0 Å². The summed E-state index contributed by atoms with van der Waals surface area (Å²) in [6, 6.07) is 46.3. The second-order valence-corrected chi connectivity index (χ2v) is 11.5. The van der Waals surface area contributed by atoms with Crippen LogP contribution < -0.4 is 0 Å². The third-order valence-electron chi connectivity index (χ3n) is 9.03. The van der Waals surface area contributed by atoms with Crippen LogP contribution in [0.15, 0.2) is 146 Å². The molecule has 9 rings (SSSR count). The lowest BCUT2D eigenvalue weighted by Crippen LogP contribution is -1.95. The Balaban J connectivity index is 1.27. The number of rotatable bonds is 3. The van der Waals surface area contributed by atoms with Gasteiger partial charge in [-0.2, -0.15) is 0 Å². The summed E-state index contributed by atoms with van der Waals surface area (Å²) in [5.74, 6) is 0. The number of hydrogen-bond donors (Lipinski definition) is 0. The standard InChI is InChI=1S/C41H28N2/c1-2-12-28(13-3-1)39-31-15-5-7-17-33(31)40(34-18-8-6-16-32(34)39)29-24-22-27(23-25-29)35-26-30-14-4-10-20-37(30)43-38-21-11-9-19-36(38)42-41(35)43/h1-2,4-12,14-26H,3,13H2. The number of nitrogens with zero attached hydrogens (tertiary/aromatic N) is 2. The van der Waals surface area contributed by atoms with Gasteiger partial charge in [0.25, 0.3) is 0 Å². The van der Waals surface area contributed by atoms with Crippen molar-refractivity contribution in [1.29, 1.82) is 0 Å². The number of benzene rings is 6. The average Bonchev–Trinajstić information content (AvgIpc) is 3.47. The molecule has 0 atom stereocenters. The van der Waals surface area contributed by atoms with E-state index in [-0.39, 0.29) is 0 Å². The van der Waals surface area contributed by atoms with Crippen molar-refractivity contribution in [3.05, 3.63) is 151 Å². The summed E-state index contributed by atoms with van der Waals surface area (Å²) in [4.78, 5) is 5.11. The van der Waals surface area contributed by atoms with Gasteiger partial charge < -0.3 is 0 Å². The van der Waals surface area contributed by atoms with Gasteiger partial charge in [-0.15, -0.1) is 0 Å². The maximum atomic E-state index is 5.11. The molecule has 43 heavy (non-hydrogen) atoms. The summed E-state index contributed by atoms with van der Waals surface area (Å²) >= 11 is 0. The molecule has 0 saturated heterocycles. The summed E-state index contributed by atoms with van der Waals surface area (Å²) in [6.45, 7) is 0. The Hall–Kier alpha value is -5.47. The van der Waals surface area contributed by atoms with Gasteiger partial charge in [0, 0.05) is 5.56 Å². The monoisotopic (exact) mass is 548 g/mol. The van der Waals surface area contributed by atoms with Gasteiger partial charge >= 0.3 is 0 Å². The van der Waals surface area contributed by atoms with E-state index in [1.54, 1.807) is 0 Å². The summed E-state index contributed by atoms with van der Waals surface area (Å²) in [5.41, 5.74) is 11.9. The fourth-order valence-corrected chi connectivity index (χ4v) is 7.11. The van der Waals surface area contributed by atoms with Gasteiger partial charge in [0.15, 0.2) is 0 Å². The van der Waals surface area contributed by atoms with Crippen molar-refractivity contribution in [3.63, 3.8) is 0 Å². The van der Waals surface area contributed by atoms with Crippen LogP contribution in [-0.2, 0) is 0 Å². The largest absolute Gasteiger partial charge is 0.292 e. The van der Waals surface area contributed by atoms with Gasteiger partial charge in [-0.3, -0.25) is 4.40 Å². The SMILES string of the molecule is C1=CCCC(c2c3ccccc3c(-c3ccc(-c4cc5ccccc5n5c4nc4ccccc45)cc3)c3ccccc23)=C1. The molecule has 0 N–H and O–H groups in total. The molecule has 2 heteroatoms. The zero-order chi connectivity index (χ0) is 28.3. The number of pyridine rings is 1. The Morgan fingerprint density at radius 2 is 1.16 bits per heavy atom. The van der Waals surface area contributed by atoms with Crippen molar-refractivity contribution in [1.82, 2.24) is 9.38 Å². The van der Waals surface area contributed by atoms with Gasteiger partial charge in [-0.1, -0.05) is 121 Å². The predicted octanol–water partition coefficient (Wildman–Crippen LogP) is 11.0. The zero-order valence-electron chi connectivity index (χ0n) is 23.7. The van der Waals surface area contributed by atoms with Gasteiger partial charge in [-0.05, 0) is 91.9 Å². The molecule has 0 saturated carbocycles. The van der Waals surface area contributed by atoms with Crippen LogP contribution >= 0.6 is 0 Å². The second kappa shape index (κ2) is 9.54. The Kier molecular flexibility index (Phi) is 5.36. The Morgan fingerprint density at radius 3 is 1.86 bits per heavy atom. The first-order chi connectivity index (χ1) is 21.3. The number of imidazole rings is 1. The second-order valence-electron chi connectivity index (χ2n) is 11.5. The van der Waals surface area contributed by atoms with E-state index in [0.717, 1.165) is 35.1 Å². The van der Waals surface area contributed by atoms with Crippen molar-refractivity contribution < 1.29 is 0 Å².